The number of nitrogens with zero attached hydrogens (tertiary/aromatic N) is 4. The van der Waals surface area contributed by atoms with E-state index in [0.717, 1.165) is 46.8 Å². The molecule has 3 aliphatic heterocycles. The maximum Gasteiger partial charge on any atom is 0.490 e. The number of aromatic nitrogens is 3. The van der Waals surface area contributed by atoms with Crippen molar-refractivity contribution in [3.8, 4) is 12.0 Å². The van der Waals surface area contributed by atoms with Gasteiger partial charge in [0.05, 0.1) is 73.1 Å². The lowest BCUT2D eigenvalue weighted by molar-refractivity contribution is -0.438. The van der Waals surface area contributed by atoms with E-state index in [-0.39, 0.29) is 102 Å². The third-order valence-corrected chi connectivity index (χ3v) is 25.2. The van der Waals surface area contributed by atoms with Crippen LogP contribution in [-0.2, 0) is 91.1 Å². The molecule has 1 saturated heterocycles. The number of rotatable bonds is 41. The van der Waals surface area contributed by atoms with Crippen LogP contribution in [-0.4, -0.2) is 184 Å². The molecule has 0 spiro atoms. The Balaban J connectivity index is 0.692. The normalized spacial score (nSPS) is 18.0. The first-order valence-corrected chi connectivity index (χ1v) is 43.1. The van der Waals surface area contributed by atoms with E-state index in [4.69, 9.17) is 43.9 Å². The molecule has 4 atom stereocenters. The Bertz CT molecular complexity index is 4450. The molecule has 0 bridgehead atoms. The molecule has 2 aromatic heterocycles. The summed E-state index contributed by atoms with van der Waals surface area (Å²) in [5.74, 6) is 2.69. The Morgan fingerprint density at radius 3 is 2.17 bits per heavy atom. The maximum atomic E-state index is 12.9. The minimum atomic E-state index is -5.73. The average molecular weight is 1620 g/mol. The number of amides is 3. The fraction of sp³-hybridized carbons (Fsp3) is 0.531. The average Bonchev–Trinajstić information content (AvgIpc) is 1.59. The lowest BCUT2D eigenvalue weighted by Crippen LogP contribution is -2.30. The van der Waals surface area contributed by atoms with Gasteiger partial charge in [-0.05, 0) is 127 Å². The number of hydrogen-bond donors (Lipinski definition) is 11. The van der Waals surface area contributed by atoms with E-state index in [9.17, 15) is 68.6 Å². The van der Waals surface area contributed by atoms with Crippen LogP contribution in [0.4, 0.5) is 26.9 Å². The predicted molar refractivity (Wildman–Crippen MR) is 393 cm³/mol. The van der Waals surface area contributed by atoms with Crippen LogP contribution in [0.15, 0.2) is 93.3 Å². The van der Waals surface area contributed by atoms with Crippen LogP contribution in [0.3, 0.4) is 0 Å². The van der Waals surface area contributed by atoms with Crippen molar-refractivity contribution in [3.63, 3.8) is 0 Å². The highest BCUT2D eigenvalue weighted by Gasteiger charge is 2.46. The molecule has 0 aliphatic carbocycles. The van der Waals surface area contributed by atoms with Gasteiger partial charge in [-0.15, -0.1) is 0 Å². The van der Waals surface area contributed by atoms with Crippen LogP contribution in [0.25, 0.3) is 11.0 Å². The van der Waals surface area contributed by atoms with Crippen LogP contribution >= 0.6 is 45.1 Å². The van der Waals surface area contributed by atoms with Gasteiger partial charge in [0, 0.05) is 90.6 Å². The van der Waals surface area contributed by atoms with Crippen LogP contribution < -0.4 is 32.1 Å². The number of nitrogen functional groups attached to an aromatic ring is 1. The minimum absolute atomic E-state index is 0.00897. The molecule has 3 aliphatic rings. The van der Waals surface area contributed by atoms with Gasteiger partial charge in [-0.3, -0.25) is 28.2 Å². The molecule has 2 aromatic carbocycles. The van der Waals surface area contributed by atoms with Gasteiger partial charge in [-0.25, -0.2) is 28.6 Å². The summed E-state index contributed by atoms with van der Waals surface area (Å²) < 4.78 is 151. The van der Waals surface area contributed by atoms with Crippen molar-refractivity contribution in [1.29, 1.82) is 0 Å². The fourth-order valence-electron chi connectivity index (χ4n) is 11.6. The number of fused-ring (bicyclic) bond motifs is 3. The monoisotopic (exact) mass is 1620 g/mol. The summed E-state index contributed by atoms with van der Waals surface area (Å²) in [6.07, 6.45) is 12.2. The highest BCUT2D eigenvalue weighted by Crippen LogP contribution is 2.66. The van der Waals surface area contributed by atoms with E-state index in [2.05, 4.69) is 60.5 Å². The third kappa shape index (κ3) is 25.9. The Morgan fingerprint density at radius 2 is 1.48 bits per heavy atom. The lowest BCUT2D eigenvalue weighted by Gasteiger charge is -2.25. The standard InChI is InChI=1S/C64H90N9O26P3S4/c1-8-71-50-23-21-46(105(85,86)87)39-48(50)63(4,5)52(71)17-11-9-12-18-53-64(6,7)49-40-47(106(88,89)90)22-24-51(49)72(53)31-14-10-13-19-54(74)66-29-35-91-37-38-92-36-30-68-61(77)95-34-27-62(2,3)104-103-43-93-32-15-16-33-94-60(76)67-28-26-44-41-73(57-56(44)58(75)70-59(65)69-57)55-25-20-45(97-55)42-96-101(81,82)99-102(83,84)98-100(78,79)80/h9,11-12,17-18,21-24,39-41,45,55H,8,10,13-16,19-20,25,27,29-38,42-43H2,1-7H3,(H11-,65,66,67,68,69,70,74,75,76,77,78,79,80,81,82,83,84,85,86,87,88,89,90)/p+1/t45-,55?/m0/s1. The zero-order valence-electron chi connectivity index (χ0n) is 59.3. The first-order chi connectivity index (χ1) is 49.7. The van der Waals surface area contributed by atoms with E-state index in [1.807, 2.05) is 78.8 Å². The molecular weight excluding hydrogens is 1530 g/mol. The summed E-state index contributed by atoms with van der Waals surface area (Å²) in [4.78, 5) is 95.3. The molecule has 106 heavy (non-hydrogen) atoms. The highest BCUT2D eigenvalue weighted by molar-refractivity contribution is 8.77. The van der Waals surface area contributed by atoms with Gasteiger partial charge in [0.1, 0.15) is 24.1 Å². The van der Waals surface area contributed by atoms with Crippen LogP contribution in [0.2, 0.25) is 0 Å². The number of unbranched alkanes of at least 4 members (excludes halogenated alkanes) is 3. The number of H-pyrrole nitrogens is 1. The SMILES string of the molecule is CCN1\C(=C/C=C/C=C/C2=[N+](CCCCCC(=O)NCCOCCOCCNC(=O)OCCC(C)(C)SSCOCCCCOC(=O)NC#Cc3cn(C4CC[C@@H](COP(=O)(O)OP(=O)(O)OP(=O)(O)O)O4)c4nc(N)[nH]c(=O)c34)c3ccc(S(=O)(=O)O)cc3C2(C)C)C(C)(C)c2cc(S(=O)(=O)O)ccc21. The van der Waals surface area contributed by atoms with Crippen LogP contribution in [0, 0.1) is 12.0 Å². The number of phosphoric acid groups is 3. The lowest BCUT2D eigenvalue weighted by atomic mass is 9.81. The van der Waals surface area contributed by atoms with E-state index in [1.54, 1.807) is 22.9 Å². The second kappa shape index (κ2) is 38.4. The number of benzene rings is 2. The van der Waals surface area contributed by atoms with Crippen molar-refractivity contribution in [2.45, 2.75) is 144 Å². The summed E-state index contributed by atoms with van der Waals surface area (Å²) >= 11 is 0. The number of alkyl carbamates (subject to hydrolysis) is 2. The molecule has 4 aromatic rings. The number of phosphoric ester groups is 1. The number of carbonyl (C=O) groups is 3. The zero-order chi connectivity index (χ0) is 77.9. The molecule has 7 rings (SSSR count). The molecule has 42 heteroatoms. The van der Waals surface area contributed by atoms with Gasteiger partial charge in [-0.1, -0.05) is 53.7 Å². The highest BCUT2D eigenvalue weighted by atomic mass is 33.1. The molecule has 3 amide bonds. The minimum Gasteiger partial charge on any atom is -0.450 e. The smallest absolute Gasteiger partial charge is 0.450 e. The number of anilines is 2. The molecule has 586 valence electrons. The Kier molecular flexibility index (Phi) is 31.5. The summed E-state index contributed by atoms with van der Waals surface area (Å²) in [5, 5.41) is 7.80. The number of hydrogen-bond acceptors (Lipinski definition) is 25. The number of allylic oxidation sites excluding steroid dienone is 6. The third-order valence-electron chi connectivity index (χ3n) is 16.7. The van der Waals surface area contributed by atoms with Crippen LogP contribution in [0.5, 0.6) is 0 Å². The number of ether oxygens (including phenoxy) is 6. The first-order valence-electron chi connectivity index (χ1n) is 33.4. The van der Waals surface area contributed by atoms with Gasteiger partial charge in [0.25, 0.3) is 25.8 Å². The second-order valence-electron chi connectivity index (χ2n) is 25.8. The Labute approximate surface area is 621 Å². The van der Waals surface area contributed by atoms with Crippen molar-refractivity contribution in [3.05, 3.63) is 106 Å². The molecular formula is C64H91N9O26P3S4+. The molecule has 3 unspecified atom stereocenters. The van der Waals surface area contributed by atoms with Crippen molar-refractivity contribution in [2.75, 3.05) is 95.6 Å². The topological polar surface area (TPSA) is 494 Å². The molecule has 0 saturated carbocycles. The molecule has 12 N–H and O–H groups in total. The zero-order valence-corrected chi connectivity index (χ0v) is 65.3. The molecule has 5 heterocycles. The molecule has 0 radical (unpaired) electrons. The molecule has 1 fully saturated rings. The number of carbonyl (C=O) groups excluding carboxylic acids is 3. The fourth-order valence-corrected chi connectivity index (χ4v) is 17.9. The number of nitrogens with two attached hydrogens (primary N) is 1. The van der Waals surface area contributed by atoms with Crippen molar-refractivity contribution < 1.29 is 120 Å². The second-order valence-corrected chi connectivity index (χ2v) is 36.0. The summed E-state index contributed by atoms with van der Waals surface area (Å²) in [7, 11) is -22.5. The van der Waals surface area contributed by atoms with Gasteiger partial charge in [-0.2, -0.15) is 35.0 Å². The summed E-state index contributed by atoms with van der Waals surface area (Å²) in [6.45, 7) is 16.7. The Hall–Kier alpha value is -6.31. The van der Waals surface area contributed by atoms with E-state index >= 15 is 0 Å². The Morgan fingerprint density at radius 1 is 0.811 bits per heavy atom. The van der Waals surface area contributed by atoms with Gasteiger partial charge in [0.15, 0.2) is 11.4 Å². The van der Waals surface area contributed by atoms with Crippen molar-refractivity contribution in [2.24, 2.45) is 0 Å². The first kappa shape index (κ1) is 86.9. The quantitative estimate of drug-likeness (QED) is 0.00228. The maximum absolute atomic E-state index is 12.9. The van der Waals surface area contributed by atoms with Gasteiger partial charge < -0.3 is 73.8 Å². The van der Waals surface area contributed by atoms with E-state index < -0.39 is 91.2 Å². The largest absolute Gasteiger partial charge is 0.490 e. The van der Waals surface area contributed by atoms with Gasteiger partial charge >= 0.3 is 35.7 Å². The number of nitrogens with one attached hydrogen (secondary N) is 4. The van der Waals surface area contributed by atoms with Crippen molar-refractivity contribution >= 4 is 117 Å². The summed E-state index contributed by atoms with van der Waals surface area (Å²) in [5.41, 5.74) is 9.10. The summed E-state index contributed by atoms with van der Waals surface area (Å²) in [6, 6.07) is 11.7. The predicted octanol–water partition coefficient (Wildman–Crippen LogP) is 8.49. The van der Waals surface area contributed by atoms with Gasteiger partial charge in [0.2, 0.25) is 17.5 Å². The number of aromatic amines is 1. The van der Waals surface area contributed by atoms with E-state index in [1.165, 1.54) is 45.8 Å². The molecule has 35 nitrogen and oxygen atoms in total. The van der Waals surface area contributed by atoms with Crippen molar-refractivity contribution in [1.82, 2.24) is 30.5 Å². The van der Waals surface area contributed by atoms with Crippen LogP contribution in [0.1, 0.15) is 129 Å². The van der Waals surface area contributed by atoms with E-state index in [0.29, 0.717) is 64.3 Å². The number of likely N-dealkylation sites (N-methyl/N-ethyl adjacent to an activating group) is 1.